The number of ether oxygens (including phenoxy) is 1. The van der Waals surface area contributed by atoms with Gasteiger partial charge in [0.05, 0.1) is 12.0 Å². The zero-order valence-corrected chi connectivity index (χ0v) is 14.0. The minimum absolute atomic E-state index is 0.197. The lowest BCUT2D eigenvalue weighted by Gasteiger charge is -2.43. The fraction of sp³-hybridized carbons (Fsp3) is 0.632. The lowest BCUT2D eigenvalue weighted by Crippen LogP contribution is -2.51. The number of likely N-dealkylation sites (tertiary alicyclic amines) is 1. The Morgan fingerprint density at radius 2 is 1.91 bits per heavy atom. The minimum Gasteiger partial charge on any atom is -0.380 e. The summed E-state index contributed by atoms with van der Waals surface area (Å²) in [4.78, 5) is 17.6. The highest BCUT2D eigenvalue weighted by atomic mass is 16.5. The van der Waals surface area contributed by atoms with Crippen LogP contribution in [-0.4, -0.2) is 55.1 Å². The molecule has 1 spiro atoms. The number of piperidine rings is 1. The van der Waals surface area contributed by atoms with Crippen molar-refractivity contribution in [3.05, 3.63) is 35.4 Å². The lowest BCUT2D eigenvalue weighted by atomic mass is 9.72. The van der Waals surface area contributed by atoms with E-state index in [4.69, 9.17) is 4.74 Å². The Balaban J connectivity index is 1.56. The van der Waals surface area contributed by atoms with Crippen molar-refractivity contribution >= 4 is 5.91 Å². The van der Waals surface area contributed by atoms with E-state index >= 15 is 0 Å². The summed E-state index contributed by atoms with van der Waals surface area (Å²) in [5, 5.41) is 0. The van der Waals surface area contributed by atoms with Gasteiger partial charge in [0.1, 0.15) is 0 Å². The van der Waals surface area contributed by atoms with Gasteiger partial charge in [0.25, 0.3) is 0 Å². The predicted molar refractivity (Wildman–Crippen MR) is 89.1 cm³/mol. The molecule has 0 aromatic heterocycles. The van der Waals surface area contributed by atoms with Crippen LogP contribution in [0.15, 0.2) is 24.3 Å². The Hall–Kier alpha value is -1.39. The van der Waals surface area contributed by atoms with Crippen molar-refractivity contribution in [2.24, 2.45) is 5.41 Å². The molecule has 0 saturated carbocycles. The third kappa shape index (κ3) is 2.68. The maximum Gasteiger partial charge on any atom is 0.229 e. The van der Waals surface area contributed by atoms with Gasteiger partial charge in [-0.1, -0.05) is 24.3 Å². The molecule has 0 aliphatic carbocycles. The molecule has 3 heterocycles. The smallest absolute Gasteiger partial charge is 0.229 e. The number of carbonyl (C=O) groups excluding carboxylic acids is 1. The topological polar surface area (TPSA) is 32.8 Å². The average molecular weight is 314 g/mol. The Morgan fingerprint density at radius 3 is 2.61 bits per heavy atom. The van der Waals surface area contributed by atoms with Crippen molar-refractivity contribution in [1.82, 2.24) is 9.80 Å². The van der Waals surface area contributed by atoms with Crippen LogP contribution in [0.4, 0.5) is 0 Å². The molecule has 0 radical (unpaired) electrons. The Morgan fingerprint density at radius 1 is 1.17 bits per heavy atom. The van der Waals surface area contributed by atoms with Crippen LogP contribution in [0.3, 0.4) is 0 Å². The van der Waals surface area contributed by atoms with Gasteiger partial charge in [0, 0.05) is 26.2 Å². The molecule has 0 unspecified atom stereocenters. The van der Waals surface area contributed by atoms with Crippen molar-refractivity contribution < 1.29 is 9.53 Å². The minimum atomic E-state index is -0.197. The first-order valence-corrected chi connectivity index (χ1v) is 8.82. The van der Waals surface area contributed by atoms with Crippen LogP contribution in [0, 0.1) is 5.41 Å². The highest BCUT2D eigenvalue weighted by molar-refractivity contribution is 5.83. The number of nitrogens with zero attached hydrogens (tertiary/aromatic N) is 2. The van der Waals surface area contributed by atoms with Crippen molar-refractivity contribution in [2.75, 3.05) is 33.4 Å². The molecule has 3 aliphatic rings. The van der Waals surface area contributed by atoms with Crippen molar-refractivity contribution in [3.63, 3.8) is 0 Å². The monoisotopic (exact) mass is 314 g/mol. The van der Waals surface area contributed by atoms with Crippen molar-refractivity contribution in [2.45, 2.75) is 38.3 Å². The maximum absolute atomic E-state index is 13.1. The van der Waals surface area contributed by atoms with Gasteiger partial charge in [-0.25, -0.2) is 0 Å². The van der Waals surface area contributed by atoms with Crippen LogP contribution in [0.1, 0.15) is 30.4 Å². The molecular formula is C19H26N2O2. The number of hydrogen-bond donors (Lipinski definition) is 0. The van der Waals surface area contributed by atoms with Gasteiger partial charge in [-0.3, -0.25) is 9.69 Å². The molecular weight excluding hydrogens is 288 g/mol. The second-order valence-corrected chi connectivity index (χ2v) is 7.44. The van der Waals surface area contributed by atoms with E-state index in [1.807, 2.05) is 11.9 Å². The van der Waals surface area contributed by atoms with Crippen LogP contribution >= 0.6 is 0 Å². The Labute approximate surface area is 138 Å². The molecule has 23 heavy (non-hydrogen) atoms. The number of fused-ring (bicyclic) bond motifs is 1. The molecule has 2 saturated heterocycles. The fourth-order valence-electron chi connectivity index (χ4n) is 4.57. The molecule has 0 N–H and O–H groups in total. The number of hydrogen-bond acceptors (Lipinski definition) is 3. The third-order valence-electron chi connectivity index (χ3n) is 6.03. The van der Waals surface area contributed by atoms with Gasteiger partial charge in [-0.2, -0.15) is 0 Å². The molecule has 1 amide bonds. The SMILES string of the molecule is CN1Cc2ccccc2CC2(CCN([C@@H]3CCOC3)CC2)C1=O. The van der Waals surface area contributed by atoms with E-state index in [1.165, 1.54) is 11.1 Å². The fourth-order valence-corrected chi connectivity index (χ4v) is 4.57. The summed E-state index contributed by atoms with van der Waals surface area (Å²) >= 11 is 0. The highest BCUT2D eigenvalue weighted by Gasteiger charge is 2.45. The Kier molecular flexibility index (Phi) is 3.90. The number of benzene rings is 1. The van der Waals surface area contributed by atoms with Gasteiger partial charge >= 0.3 is 0 Å². The first kappa shape index (κ1) is 15.2. The van der Waals surface area contributed by atoms with Crippen LogP contribution in [0.5, 0.6) is 0 Å². The number of rotatable bonds is 1. The maximum atomic E-state index is 13.1. The van der Waals surface area contributed by atoms with Crippen LogP contribution in [0.25, 0.3) is 0 Å². The van der Waals surface area contributed by atoms with Crippen LogP contribution in [-0.2, 0) is 22.5 Å². The highest BCUT2D eigenvalue weighted by Crippen LogP contribution is 2.40. The Bertz CT molecular complexity index is 587. The van der Waals surface area contributed by atoms with E-state index in [1.54, 1.807) is 0 Å². The van der Waals surface area contributed by atoms with Crippen molar-refractivity contribution in [3.8, 4) is 0 Å². The van der Waals surface area contributed by atoms with Gasteiger partial charge in [0.2, 0.25) is 5.91 Å². The standard InChI is InChI=1S/C19H26N2O2/c1-20-13-16-5-3-2-4-15(16)12-19(18(20)22)7-9-21(10-8-19)17-6-11-23-14-17/h2-5,17H,6-14H2,1H3/t17-/m1/s1. The zero-order valence-electron chi connectivity index (χ0n) is 14.0. The predicted octanol–water partition coefficient (Wildman–Crippen LogP) is 2.07. The quantitative estimate of drug-likeness (QED) is 0.795. The second kappa shape index (κ2) is 5.91. The van der Waals surface area contributed by atoms with E-state index in [0.717, 1.165) is 58.5 Å². The molecule has 0 bridgehead atoms. The summed E-state index contributed by atoms with van der Waals surface area (Å²) in [6.45, 7) is 4.55. The van der Waals surface area contributed by atoms with Gasteiger partial charge in [-0.05, 0) is 49.9 Å². The lowest BCUT2D eigenvalue weighted by molar-refractivity contribution is -0.144. The van der Waals surface area contributed by atoms with E-state index in [0.29, 0.717) is 11.9 Å². The molecule has 2 fully saturated rings. The number of amides is 1. The van der Waals surface area contributed by atoms with Crippen molar-refractivity contribution in [1.29, 1.82) is 0 Å². The summed E-state index contributed by atoms with van der Waals surface area (Å²) in [6, 6.07) is 9.13. The van der Waals surface area contributed by atoms with Gasteiger partial charge in [0.15, 0.2) is 0 Å². The molecule has 3 aliphatic heterocycles. The number of carbonyl (C=O) groups is 1. The molecule has 124 valence electrons. The zero-order chi connectivity index (χ0) is 15.9. The van der Waals surface area contributed by atoms with Crippen LogP contribution < -0.4 is 0 Å². The van der Waals surface area contributed by atoms with Gasteiger partial charge < -0.3 is 9.64 Å². The average Bonchev–Trinajstić information content (AvgIpc) is 3.08. The van der Waals surface area contributed by atoms with Gasteiger partial charge in [-0.15, -0.1) is 0 Å². The van der Waals surface area contributed by atoms with Crippen LogP contribution in [0.2, 0.25) is 0 Å². The summed E-state index contributed by atoms with van der Waals surface area (Å²) in [5.74, 6) is 0.344. The first-order valence-electron chi connectivity index (χ1n) is 8.82. The van der Waals surface area contributed by atoms with E-state index in [9.17, 15) is 4.79 Å². The molecule has 4 heteroatoms. The first-order chi connectivity index (χ1) is 11.2. The molecule has 4 nitrogen and oxygen atoms in total. The largest absolute Gasteiger partial charge is 0.380 e. The summed E-state index contributed by atoms with van der Waals surface area (Å²) in [6.07, 6.45) is 3.99. The molecule has 1 aromatic rings. The normalized spacial score (nSPS) is 28.0. The molecule has 1 aromatic carbocycles. The molecule has 1 atom stereocenters. The van der Waals surface area contributed by atoms with E-state index < -0.39 is 0 Å². The summed E-state index contributed by atoms with van der Waals surface area (Å²) < 4.78 is 5.54. The summed E-state index contributed by atoms with van der Waals surface area (Å²) in [5.41, 5.74) is 2.48. The third-order valence-corrected chi connectivity index (χ3v) is 6.03. The summed E-state index contributed by atoms with van der Waals surface area (Å²) in [7, 11) is 1.96. The van der Waals surface area contributed by atoms with E-state index in [2.05, 4.69) is 29.2 Å². The van der Waals surface area contributed by atoms with E-state index in [-0.39, 0.29) is 5.41 Å². The second-order valence-electron chi connectivity index (χ2n) is 7.44. The molecule has 4 rings (SSSR count).